The molecule has 0 spiro atoms. The monoisotopic (exact) mass is 1090 g/mol. The fourth-order valence-electron chi connectivity index (χ4n) is 14.5. The van der Waals surface area contributed by atoms with Crippen LogP contribution >= 0.6 is 0 Å². The van der Waals surface area contributed by atoms with Gasteiger partial charge in [-0.15, -0.1) is 0 Å². The SMILES string of the molecule is c1cc(-c2cc(-c3cccc4oc5c(-c6c7ccccc7c(-c7ccc(-c8cccc9ccccc89)cc7)c7ccccc67)cccc5c34)cc3ccccc23)cc(-c2c3ccccc3c(-c3cccc4c3oc3ccccc34)c3ccccc23)c1. The van der Waals surface area contributed by atoms with Crippen LogP contribution in [0.25, 0.3) is 186 Å². The Kier molecular flexibility index (Phi) is 10.7. The van der Waals surface area contributed by atoms with Gasteiger partial charge < -0.3 is 8.83 Å². The molecule has 0 aliphatic rings. The summed E-state index contributed by atoms with van der Waals surface area (Å²) in [6, 6.07) is 111. The van der Waals surface area contributed by atoms with Crippen molar-refractivity contribution in [2.24, 2.45) is 0 Å². The van der Waals surface area contributed by atoms with E-state index >= 15 is 0 Å². The van der Waals surface area contributed by atoms with Crippen LogP contribution in [0.2, 0.25) is 0 Å². The van der Waals surface area contributed by atoms with Gasteiger partial charge in [-0.1, -0.05) is 273 Å². The van der Waals surface area contributed by atoms with Crippen molar-refractivity contribution >= 4 is 109 Å². The quantitative estimate of drug-likeness (QED) is 0.149. The topological polar surface area (TPSA) is 26.3 Å². The molecular formula is C84H50O2. The summed E-state index contributed by atoms with van der Waals surface area (Å²) in [5.74, 6) is 0. The third-order valence-electron chi connectivity index (χ3n) is 18.2. The maximum atomic E-state index is 7.20. The van der Waals surface area contributed by atoms with Gasteiger partial charge in [-0.05, 0) is 151 Å². The molecule has 0 unspecified atom stereocenters. The van der Waals surface area contributed by atoms with E-state index in [4.69, 9.17) is 8.83 Å². The van der Waals surface area contributed by atoms with Crippen LogP contribution in [0.5, 0.6) is 0 Å². The fraction of sp³-hybridized carbons (Fsp3) is 0. The van der Waals surface area contributed by atoms with Gasteiger partial charge in [0.1, 0.15) is 22.3 Å². The molecule has 0 fully saturated rings. The minimum Gasteiger partial charge on any atom is -0.455 e. The summed E-state index contributed by atoms with van der Waals surface area (Å²) in [5, 5.41) is 18.9. The Bertz CT molecular complexity index is 5720. The summed E-state index contributed by atoms with van der Waals surface area (Å²) in [6.45, 7) is 0. The number of para-hydroxylation sites is 3. The molecule has 0 atom stereocenters. The highest BCUT2D eigenvalue weighted by atomic mass is 16.3. The van der Waals surface area contributed by atoms with E-state index < -0.39 is 0 Å². The van der Waals surface area contributed by atoms with Crippen molar-refractivity contribution in [2.75, 3.05) is 0 Å². The summed E-state index contributed by atoms with van der Waals surface area (Å²) in [6.07, 6.45) is 0. The summed E-state index contributed by atoms with van der Waals surface area (Å²) in [5.41, 5.74) is 19.9. The predicted octanol–water partition coefficient (Wildman–Crippen LogP) is 24.1. The highest BCUT2D eigenvalue weighted by Gasteiger charge is 2.24. The molecule has 0 saturated heterocycles. The van der Waals surface area contributed by atoms with E-state index in [0.29, 0.717) is 0 Å². The lowest BCUT2D eigenvalue weighted by atomic mass is 9.84. The van der Waals surface area contributed by atoms with Crippen LogP contribution in [-0.2, 0) is 0 Å². The van der Waals surface area contributed by atoms with Gasteiger partial charge in [0.15, 0.2) is 0 Å². The van der Waals surface area contributed by atoms with Gasteiger partial charge in [-0.25, -0.2) is 0 Å². The molecule has 2 heterocycles. The zero-order valence-electron chi connectivity index (χ0n) is 46.7. The molecule has 18 aromatic rings. The Morgan fingerprint density at radius 3 is 1.21 bits per heavy atom. The van der Waals surface area contributed by atoms with E-state index in [1.54, 1.807) is 0 Å². The molecule has 398 valence electrons. The number of rotatable bonds is 7. The first-order chi connectivity index (χ1) is 42.7. The van der Waals surface area contributed by atoms with Crippen molar-refractivity contribution in [1.29, 1.82) is 0 Å². The molecule has 18 rings (SSSR count). The maximum absolute atomic E-state index is 7.20. The predicted molar refractivity (Wildman–Crippen MR) is 364 cm³/mol. The lowest BCUT2D eigenvalue weighted by Crippen LogP contribution is -1.92. The molecule has 0 saturated carbocycles. The van der Waals surface area contributed by atoms with Crippen LogP contribution in [0.4, 0.5) is 0 Å². The average molecular weight is 1090 g/mol. The number of hydrogen-bond acceptors (Lipinski definition) is 2. The van der Waals surface area contributed by atoms with Crippen molar-refractivity contribution < 1.29 is 8.83 Å². The number of hydrogen-bond donors (Lipinski definition) is 0. The molecule has 0 amide bonds. The van der Waals surface area contributed by atoms with Crippen molar-refractivity contribution in [1.82, 2.24) is 0 Å². The first-order valence-electron chi connectivity index (χ1n) is 29.6. The van der Waals surface area contributed by atoms with E-state index in [1.807, 2.05) is 6.07 Å². The standard InChI is InChI=1S/C84H50O2/c1-3-25-58-51(20-1)22-16-36-59(58)52-44-46-53(47-45-52)78-63-28-5-9-32-67(63)81(68-33-10-6-29-64(68)78)73-40-18-41-74-82-61(37-19-43-77(82)86-84(73)74)57-49-54-21-2-4-26-60(54)75(50-57)55-23-15-24-56(48-55)79-65-30-7-11-34-69(65)80(70-35-12-8-31-66(70)79)72-39-17-38-71-62-27-13-14-42-76(62)85-83(71)72/h1-50H. The minimum atomic E-state index is 0.858. The minimum absolute atomic E-state index is 0.858. The molecule has 0 radical (unpaired) electrons. The molecule has 2 nitrogen and oxygen atoms in total. The van der Waals surface area contributed by atoms with Crippen LogP contribution in [0.15, 0.2) is 312 Å². The van der Waals surface area contributed by atoms with Crippen LogP contribution in [0.1, 0.15) is 0 Å². The van der Waals surface area contributed by atoms with Crippen LogP contribution in [-0.4, -0.2) is 0 Å². The molecule has 2 heteroatoms. The Balaban J connectivity index is 0.784. The first-order valence-corrected chi connectivity index (χ1v) is 29.6. The molecule has 86 heavy (non-hydrogen) atoms. The van der Waals surface area contributed by atoms with E-state index in [0.717, 1.165) is 77.3 Å². The van der Waals surface area contributed by atoms with Gasteiger partial charge in [0.2, 0.25) is 0 Å². The lowest BCUT2D eigenvalue weighted by Gasteiger charge is -2.18. The van der Waals surface area contributed by atoms with Crippen molar-refractivity contribution in [3.05, 3.63) is 303 Å². The molecule has 0 aliphatic heterocycles. The summed E-state index contributed by atoms with van der Waals surface area (Å²) >= 11 is 0. The Morgan fingerprint density at radius 1 is 0.174 bits per heavy atom. The maximum Gasteiger partial charge on any atom is 0.143 e. The second kappa shape index (κ2) is 19.1. The highest BCUT2D eigenvalue weighted by molar-refractivity contribution is 6.27. The van der Waals surface area contributed by atoms with Gasteiger partial charge >= 0.3 is 0 Å². The average Bonchev–Trinajstić information content (AvgIpc) is 1.37. The smallest absolute Gasteiger partial charge is 0.143 e. The first kappa shape index (κ1) is 48.2. The number of fused-ring (bicyclic) bond motifs is 12. The van der Waals surface area contributed by atoms with E-state index in [9.17, 15) is 0 Å². The van der Waals surface area contributed by atoms with Gasteiger partial charge in [0, 0.05) is 43.8 Å². The highest BCUT2D eigenvalue weighted by Crippen LogP contribution is 2.51. The normalized spacial score (nSPS) is 12.0. The van der Waals surface area contributed by atoms with Crippen LogP contribution in [0.3, 0.4) is 0 Å². The zero-order valence-corrected chi connectivity index (χ0v) is 46.7. The summed E-state index contributed by atoms with van der Waals surface area (Å²) in [7, 11) is 0. The van der Waals surface area contributed by atoms with Crippen LogP contribution < -0.4 is 0 Å². The molecule has 2 aromatic heterocycles. The van der Waals surface area contributed by atoms with E-state index in [-0.39, 0.29) is 0 Å². The lowest BCUT2D eigenvalue weighted by molar-refractivity contribution is 0.670. The molecule has 0 bridgehead atoms. The van der Waals surface area contributed by atoms with Crippen molar-refractivity contribution in [3.63, 3.8) is 0 Å². The van der Waals surface area contributed by atoms with E-state index in [1.165, 1.54) is 109 Å². The van der Waals surface area contributed by atoms with E-state index in [2.05, 4.69) is 297 Å². The molecular weight excluding hydrogens is 1040 g/mol. The molecule has 0 aliphatic carbocycles. The third-order valence-corrected chi connectivity index (χ3v) is 18.2. The molecule has 16 aromatic carbocycles. The van der Waals surface area contributed by atoms with Gasteiger partial charge in [0.25, 0.3) is 0 Å². The van der Waals surface area contributed by atoms with Gasteiger partial charge in [0.05, 0.1) is 0 Å². The van der Waals surface area contributed by atoms with Crippen molar-refractivity contribution in [3.8, 4) is 77.9 Å². The Labute approximate surface area is 495 Å². The largest absolute Gasteiger partial charge is 0.455 e. The second-order valence-corrected chi connectivity index (χ2v) is 22.9. The fourth-order valence-corrected chi connectivity index (χ4v) is 14.5. The van der Waals surface area contributed by atoms with Crippen molar-refractivity contribution in [2.45, 2.75) is 0 Å². The Morgan fingerprint density at radius 2 is 0.570 bits per heavy atom. The zero-order chi connectivity index (χ0) is 56.4. The van der Waals surface area contributed by atoms with Gasteiger partial charge in [-0.2, -0.15) is 0 Å². The summed E-state index contributed by atoms with van der Waals surface area (Å²) in [4.78, 5) is 0. The molecule has 0 N–H and O–H groups in total. The van der Waals surface area contributed by atoms with Gasteiger partial charge in [-0.3, -0.25) is 0 Å². The van der Waals surface area contributed by atoms with Crippen LogP contribution in [0, 0.1) is 0 Å². The second-order valence-electron chi connectivity index (χ2n) is 22.9. The Hall–Kier alpha value is -11.3. The number of benzene rings is 16. The summed E-state index contributed by atoms with van der Waals surface area (Å²) < 4.78 is 13.9. The third kappa shape index (κ3) is 7.33. The number of furan rings is 2.